The second-order valence-electron chi connectivity index (χ2n) is 10.9. The zero-order valence-electron chi connectivity index (χ0n) is 21.7. The molecule has 3 N–H and O–H groups in total. The minimum atomic E-state index is -0.950. The Bertz CT molecular complexity index is 885. The summed E-state index contributed by atoms with van der Waals surface area (Å²) >= 11 is 6.05. The summed E-state index contributed by atoms with van der Waals surface area (Å²) in [5.41, 5.74) is 0.120. The van der Waals surface area contributed by atoms with Gasteiger partial charge in [0.2, 0.25) is 5.91 Å². The van der Waals surface area contributed by atoms with E-state index in [2.05, 4.69) is 36.6 Å². The van der Waals surface area contributed by atoms with E-state index in [9.17, 15) is 14.4 Å². The molecule has 0 radical (unpaired) electrons. The molecule has 1 heterocycles. The molecule has 1 aromatic rings. The number of likely N-dealkylation sites (tertiary alicyclic amines) is 1. The summed E-state index contributed by atoms with van der Waals surface area (Å²) in [6.45, 7) is 12.4. The molecule has 0 saturated carbocycles. The van der Waals surface area contributed by atoms with Gasteiger partial charge in [-0.25, -0.2) is 4.79 Å². The Morgan fingerprint density at radius 3 is 2.40 bits per heavy atom. The van der Waals surface area contributed by atoms with Gasteiger partial charge in [0.25, 0.3) is 0 Å². The van der Waals surface area contributed by atoms with Crippen molar-refractivity contribution < 1.29 is 24.2 Å². The van der Waals surface area contributed by atoms with Crippen molar-refractivity contribution in [3.63, 3.8) is 0 Å². The molecule has 8 nitrogen and oxygen atoms in total. The number of carbonyl (C=O) groups is 3. The average Bonchev–Trinajstić information content (AvgIpc) is 2.75. The number of ether oxygens (including phenoxy) is 1. The molecule has 0 spiro atoms. The van der Waals surface area contributed by atoms with E-state index < -0.39 is 23.6 Å². The molecule has 0 aromatic heterocycles. The van der Waals surface area contributed by atoms with Crippen molar-refractivity contribution in [3.8, 4) is 0 Å². The monoisotopic (exact) mass is 509 g/mol. The molecule has 1 saturated heterocycles. The molecule has 0 aliphatic carbocycles. The number of carbonyl (C=O) groups excluding carboxylic acids is 3. The minimum absolute atomic E-state index is 0.0640. The summed E-state index contributed by atoms with van der Waals surface area (Å²) in [5.74, 6) is -0.458. The molecule has 1 aliphatic rings. The van der Waals surface area contributed by atoms with Gasteiger partial charge in [-0.15, -0.1) is 0 Å². The van der Waals surface area contributed by atoms with Gasteiger partial charge in [0.1, 0.15) is 11.6 Å². The summed E-state index contributed by atoms with van der Waals surface area (Å²) in [7, 11) is 0. The van der Waals surface area contributed by atoms with Gasteiger partial charge in [0.15, 0.2) is 0 Å². The van der Waals surface area contributed by atoms with Crippen LogP contribution in [0.2, 0.25) is 5.02 Å². The first kappa shape index (κ1) is 28.9. The Hall–Kier alpha value is -2.32. The first-order valence-corrected chi connectivity index (χ1v) is 12.5. The van der Waals surface area contributed by atoms with Crippen molar-refractivity contribution in [1.29, 1.82) is 0 Å². The van der Waals surface area contributed by atoms with Crippen molar-refractivity contribution in [2.24, 2.45) is 11.3 Å². The molecule has 35 heavy (non-hydrogen) atoms. The first-order chi connectivity index (χ1) is 16.3. The number of esters is 1. The molecule has 1 fully saturated rings. The highest BCUT2D eigenvalue weighted by atomic mass is 35.5. The SMILES string of the molecule is CC(C)C(NC(=O)NCC(C)(C)OC(=O)CCO)C(=O)N1CCC(c2ccc(Cl)cc2)C(C)(C)C1. The number of aliphatic hydroxyl groups is 1. The predicted molar refractivity (Wildman–Crippen MR) is 136 cm³/mol. The van der Waals surface area contributed by atoms with Crippen LogP contribution >= 0.6 is 11.6 Å². The maximum absolute atomic E-state index is 13.4. The molecule has 0 bridgehead atoms. The summed E-state index contributed by atoms with van der Waals surface area (Å²) in [6.07, 6.45) is 0.718. The molecule has 2 rings (SSSR count). The van der Waals surface area contributed by atoms with Gasteiger partial charge in [-0.05, 0) is 55.2 Å². The Morgan fingerprint density at radius 1 is 1.23 bits per heavy atom. The number of nitrogens with one attached hydrogen (secondary N) is 2. The van der Waals surface area contributed by atoms with Crippen molar-refractivity contribution in [2.75, 3.05) is 26.2 Å². The predicted octanol–water partition coefficient (Wildman–Crippen LogP) is 3.71. The quantitative estimate of drug-likeness (QED) is 0.440. The molecule has 1 aliphatic heterocycles. The lowest BCUT2D eigenvalue weighted by Gasteiger charge is -2.45. The van der Waals surface area contributed by atoms with Crippen LogP contribution in [0.4, 0.5) is 4.79 Å². The Morgan fingerprint density at radius 2 is 1.86 bits per heavy atom. The zero-order valence-corrected chi connectivity index (χ0v) is 22.4. The largest absolute Gasteiger partial charge is 0.458 e. The molecular weight excluding hydrogens is 470 g/mol. The average molecular weight is 510 g/mol. The Labute approximate surface area is 213 Å². The van der Waals surface area contributed by atoms with Crippen molar-refractivity contribution in [2.45, 2.75) is 71.9 Å². The van der Waals surface area contributed by atoms with Crippen LogP contribution in [0.25, 0.3) is 0 Å². The normalized spacial score (nSPS) is 18.7. The molecular formula is C26H40ClN3O5. The van der Waals surface area contributed by atoms with E-state index in [4.69, 9.17) is 21.4 Å². The zero-order chi connectivity index (χ0) is 26.4. The summed E-state index contributed by atoms with van der Waals surface area (Å²) in [4.78, 5) is 39.5. The number of urea groups is 1. The van der Waals surface area contributed by atoms with Crippen LogP contribution < -0.4 is 10.6 Å². The second-order valence-corrected chi connectivity index (χ2v) is 11.3. The van der Waals surface area contributed by atoms with E-state index in [1.807, 2.05) is 30.9 Å². The summed E-state index contributed by atoms with van der Waals surface area (Å²) in [6, 6.07) is 6.72. The smallest absolute Gasteiger partial charge is 0.315 e. The molecule has 2 unspecified atom stereocenters. The lowest BCUT2D eigenvalue weighted by atomic mass is 9.70. The third kappa shape index (κ3) is 8.39. The number of aliphatic hydroxyl groups excluding tert-OH is 1. The van der Waals surface area contributed by atoms with Gasteiger partial charge in [-0.3, -0.25) is 9.59 Å². The van der Waals surface area contributed by atoms with Crippen molar-refractivity contribution in [1.82, 2.24) is 15.5 Å². The van der Waals surface area contributed by atoms with Crippen LogP contribution in [0.3, 0.4) is 0 Å². The van der Waals surface area contributed by atoms with Gasteiger partial charge in [-0.2, -0.15) is 0 Å². The summed E-state index contributed by atoms with van der Waals surface area (Å²) in [5, 5.41) is 15.1. The van der Waals surface area contributed by atoms with E-state index in [1.165, 1.54) is 5.56 Å². The van der Waals surface area contributed by atoms with Crippen LogP contribution in [0.15, 0.2) is 24.3 Å². The van der Waals surface area contributed by atoms with E-state index in [1.54, 1.807) is 13.8 Å². The molecule has 2 atom stereocenters. The maximum atomic E-state index is 13.4. The summed E-state index contributed by atoms with van der Waals surface area (Å²) < 4.78 is 5.28. The van der Waals surface area contributed by atoms with Gasteiger partial charge in [-0.1, -0.05) is 51.4 Å². The number of amides is 3. The molecule has 1 aromatic carbocycles. The maximum Gasteiger partial charge on any atom is 0.315 e. The fourth-order valence-corrected chi connectivity index (χ4v) is 4.67. The van der Waals surface area contributed by atoms with Crippen LogP contribution in [0.5, 0.6) is 0 Å². The Kier molecular flexibility index (Phi) is 9.98. The number of piperidine rings is 1. The topological polar surface area (TPSA) is 108 Å². The van der Waals surface area contributed by atoms with E-state index >= 15 is 0 Å². The lowest BCUT2D eigenvalue weighted by Crippen LogP contribution is -2.58. The van der Waals surface area contributed by atoms with Gasteiger partial charge in [0, 0.05) is 18.1 Å². The molecule has 9 heteroatoms. The number of benzene rings is 1. The minimum Gasteiger partial charge on any atom is -0.458 e. The highest BCUT2D eigenvalue weighted by Crippen LogP contribution is 2.42. The molecule has 3 amide bonds. The fraction of sp³-hybridized carbons (Fsp3) is 0.654. The van der Waals surface area contributed by atoms with Gasteiger partial charge >= 0.3 is 12.0 Å². The number of hydrogen-bond donors (Lipinski definition) is 3. The van der Waals surface area contributed by atoms with E-state index in [0.29, 0.717) is 24.0 Å². The van der Waals surface area contributed by atoms with Crippen molar-refractivity contribution >= 4 is 29.5 Å². The van der Waals surface area contributed by atoms with E-state index in [0.717, 1.165) is 6.42 Å². The van der Waals surface area contributed by atoms with Gasteiger partial charge < -0.3 is 25.4 Å². The van der Waals surface area contributed by atoms with Crippen LogP contribution in [0, 0.1) is 11.3 Å². The highest BCUT2D eigenvalue weighted by Gasteiger charge is 2.40. The lowest BCUT2D eigenvalue weighted by molar-refractivity contribution is -0.156. The Balaban J connectivity index is 1.99. The van der Waals surface area contributed by atoms with Crippen LogP contribution in [0.1, 0.15) is 65.9 Å². The number of hydrogen-bond acceptors (Lipinski definition) is 5. The van der Waals surface area contributed by atoms with Crippen molar-refractivity contribution in [3.05, 3.63) is 34.9 Å². The van der Waals surface area contributed by atoms with Crippen LogP contribution in [-0.2, 0) is 14.3 Å². The first-order valence-electron chi connectivity index (χ1n) is 12.2. The standard InChI is InChI=1S/C26H40ClN3O5/c1-17(2)22(29-24(34)28-15-26(5,6)35-21(32)12-14-31)23(33)30-13-11-20(25(3,4)16-30)18-7-9-19(27)10-8-18/h7-10,17,20,22,31H,11-16H2,1-6H3,(H2,28,29,34). The second kappa shape index (κ2) is 12.1. The highest BCUT2D eigenvalue weighted by molar-refractivity contribution is 6.30. The third-order valence-electron chi connectivity index (χ3n) is 6.41. The fourth-order valence-electron chi connectivity index (χ4n) is 4.54. The number of nitrogens with zero attached hydrogens (tertiary/aromatic N) is 1. The van der Waals surface area contributed by atoms with Gasteiger partial charge in [0.05, 0.1) is 19.6 Å². The number of rotatable bonds is 9. The van der Waals surface area contributed by atoms with Crippen LogP contribution in [-0.4, -0.2) is 65.8 Å². The number of halogens is 1. The third-order valence-corrected chi connectivity index (χ3v) is 6.67. The van der Waals surface area contributed by atoms with E-state index in [-0.39, 0.29) is 36.8 Å². The molecule has 196 valence electrons.